The van der Waals surface area contributed by atoms with Crippen LogP contribution in [0.4, 0.5) is 0 Å². The van der Waals surface area contributed by atoms with Crippen molar-refractivity contribution >= 4 is 55.5 Å². The van der Waals surface area contributed by atoms with Crippen LogP contribution in [-0.4, -0.2) is 11.7 Å². The molecule has 2 aliphatic carbocycles. The highest BCUT2D eigenvalue weighted by atomic mass is 16.3. The van der Waals surface area contributed by atoms with Gasteiger partial charge in [-0.15, -0.1) is 0 Å². The fourth-order valence-corrected chi connectivity index (χ4v) is 12.3. The number of aliphatic imine (C=N–C) groups is 2. The van der Waals surface area contributed by atoms with Crippen LogP contribution >= 0.6 is 0 Å². The molecule has 11 aromatic carbocycles. The Hall–Kier alpha value is -9.84. The van der Waals surface area contributed by atoms with Gasteiger partial charge in [-0.1, -0.05) is 200 Å². The van der Waals surface area contributed by atoms with E-state index in [-0.39, 0.29) is 0 Å². The molecule has 0 unspecified atom stereocenters. The Morgan fingerprint density at radius 1 is 0.373 bits per heavy atom. The molecule has 0 saturated heterocycles. The SMILES string of the molecule is NC(=NC(=NCc1cccc2oc3ccc(-c4cccc(-c5cccc6c5-c5ccccc5C65c6ccccc6-c6ccccc65)c4)cc3c12)c1cccc(-c2ccccc2)c1)c1ccc2c(c1)oc1ccccc12. The molecule has 2 aliphatic rings. The van der Waals surface area contributed by atoms with E-state index in [1.165, 1.54) is 55.6 Å². The summed E-state index contributed by atoms with van der Waals surface area (Å²) in [5, 5.41) is 4.15. The quantitative estimate of drug-likeness (QED) is 0.128. The lowest BCUT2D eigenvalue weighted by atomic mass is 9.70. The van der Waals surface area contributed by atoms with E-state index < -0.39 is 5.41 Å². The second kappa shape index (κ2) is 16.9. The minimum absolute atomic E-state index is 0.340. The molecule has 5 nitrogen and oxygen atoms in total. The number of rotatable bonds is 7. The van der Waals surface area contributed by atoms with E-state index in [0.29, 0.717) is 18.2 Å². The van der Waals surface area contributed by atoms with Crippen molar-refractivity contribution in [3.63, 3.8) is 0 Å². The molecule has 13 aromatic rings. The number of amidine groups is 2. The molecule has 75 heavy (non-hydrogen) atoms. The molecular weight excluding hydrogens is 915 g/mol. The molecule has 0 amide bonds. The van der Waals surface area contributed by atoms with Crippen LogP contribution in [0.1, 0.15) is 38.9 Å². The molecule has 15 rings (SSSR count). The summed E-state index contributed by atoms with van der Waals surface area (Å²) in [6.45, 7) is 0.340. The Kier molecular flexibility index (Phi) is 9.63. The van der Waals surface area contributed by atoms with E-state index >= 15 is 0 Å². The third-order valence-corrected chi connectivity index (χ3v) is 15.6. The molecule has 2 heterocycles. The van der Waals surface area contributed by atoms with Crippen LogP contribution in [0.15, 0.2) is 268 Å². The topological polar surface area (TPSA) is 77.0 Å². The summed E-state index contributed by atoms with van der Waals surface area (Å²) in [6, 6.07) is 88.4. The van der Waals surface area contributed by atoms with Gasteiger partial charge in [-0.05, 0) is 132 Å². The summed E-state index contributed by atoms with van der Waals surface area (Å²) in [6.07, 6.45) is 0. The first-order valence-corrected chi connectivity index (χ1v) is 25.5. The van der Waals surface area contributed by atoms with Crippen LogP contribution in [0.5, 0.6) is 0 Å². The second-order valence-electron chi connectivity index (χ2n) is 19.7. The van der Waals surface area contributed by atoms with E-state index in [1.54, 1.807) is 0 Å². The number of fused-ring (bicyclic) bond motifs is 16. The van der Waals surface area contributed by atoms with Crippen molar-refractivity contribution in [2.45, 2.75) is 12.0 Å². The summed E-state index contributed by atoms with van der Waals surface area (Å²) >= 11 is 0. The lowest BCUT2D eigenvalue weighted by Gasteiger charge is -2.30. The monoisotopic (exact) mass is 959 g/mol. The minimum atomic E-state index is -0.404. The van der Waals surface area contributed by atoms with Crippen LogP contribution < -0.4 is 5.73 Å². The maximum Gasteiger partial charge on any atom is 0.157 e. The zero-order valence-electron chi connectivity index (χ0n) is 40.7. The van der Waals surface area contributed by atoms with Gasteiger partial charge in [0, 0.05) is 32.7 Å². The van der Waals surface area contributed by atoms with Crippen molar-refractivity contribution in [3.05, 3.63) is 288 Å². The van der Waals surface area contributed by atoms with Crippen molar-refractivity contribution in [1.29, 1.82) is 0 Å². The van der Waals surface area contributed by atoms with Gasteiger partial charge in [-0.2, -0.15) is 0 Å². The molecule has 352 valence electrons. The van der Waals surface area contributed by atoms with Crippen LogP contribution in [0, 0.1) is 0 Å². The summed E-state index contributed by atoms with van der Waals surface area (Å²) in [4.78, 5) is 10.4. The maximum absolute atomic E-state index is 6.93. The van der Waals surface area contributed by atoms with Gasteiger partial charge < -0.3 is 14.6 Å². The van der Waals surface area contributed by atoms with Gasteiger partial charge >= 0.3 is 0 Å². The number of nitrogens with two attached hydrogens (primary N) is 1. The van der Waals surface area contributed by atoms with Gasteiger partial charge in [0.2, 0.25) is 0 Å². The van der Waals surface area contributed by atoms with Gasteiger partial charge in [-0.25, -0.2) is 4.99 Å². The van der Waals surface area contributed by atoms with Gasteiger partial charge in [0.15, 0.2) is 5.84 Å². The fourth-order valence-electron chi connectivity index (χ4n) is 12.3. The van der Waals surface area contributed by atoms with Crippen molar-refractivity contribution in [2.75, 3.05) is 0 Å². The maximum atomic E-state index is 6.93. The average Bonchev–Trinajstić information content (AvgIpc) is 4.31. The predicted molar refractivity (Wildman–Crippen MR) is 307 cm³/mol. The first kappa shape index (κ1) is 42.8. The number of benzene rings is 11. The average molecular weight is 960 g/mol. The summed E-state index contributed by atoms with van der Waals surface area (Å²) in [5.74, 6) is 0.873. The van der Waals surface area contributed by atoms with Crippen LogP contribution in [0.3, 0.4) is 0 Å². The van der Waals surface area contributed by atoms with Crippen molar-refractivity contribution in [3.8, 4) is 55.6 Å². The molecule has 1 spiro atoms. The van der Waals surface area contributed by atoms with Crippen LogP contribution in [0.25, 0.3) is 99.5 Å². The van der Waals surface area contributed by atoms with E-state index in [2.05, 4.69) is 194 Å². The third kappa shape index (κ3) is 6.64. The summed E-state index contributed by atoms with van der Waals surface area (Å²) in [7, 11) is 0. The molecule has 2 N–H and O–H groups in total. The molecule has 5 heteroatoms. The Morgan fingerprint density at radius 2 is 0.947 bits per heavy atom. The van der Waals surface area contributed by atoms with Crippen molar-refractivity contribution in [1.82, 2.24) is 0 Å². The smallest absolute Gasteiger partial charge is 0.157 e. The largest absolute Gasteiger partial charge is 0.456 e. The molecular formula is C70H45N3O2. The predicted octanol–water partition coefficient (Wildman–Crippen LogP) is 17.2. The van der Waals surface area contributed by atoms with Gasteiger partial charge in [0.1, 0.15) is 28.2 Å². The lowest BCUT2D eigenvalue weighted by Crippen LogP contribution is -2.25. The fraction of sp³-hybridized carbons (Fsp3) is 0.0286. The number of nitrogens with zero attached hydrogens (tertiary/aromatic N) is 2. The van der Waals surface area contributed by atoms with E-state index in [4.69, 9.17) is 24.6 Å². The van der Waals surface area contributed by atoms with Crippen molar-refractivity contribution < 1.29 is 8.83 Å². The lowest BCUT2D eigenvalue weighted by molar-refractivity contribution is 0.668. The highest BCUT2D eigenvalue weighted by Gasteiger charge is 2.52. The van der Waals surface area contributed by atoms with Gasteiger partial charge in [0.05, 0.1) is 12.0 Å². The Morgan fingerprint density at radius 3 is 1.77 bits per heavy atom. The molecule has 0 aliphatic heterocycles. The Labute approximate surface area is 433 Å². The first-order chi connectivity index (χ1) is 37.1. The Bertz CT molecular complexity index is 4490. The molecule has 0 radical (unpaired) electrons. The summed E-state index contributed by atoms with van der Waals surface area (Å²) in [5.41, 5.74) is 29.7. The van der Waals surface area contributed by atoms with E-state index in [1.807, 2.05) is 54.6 Å². The van der Waals surface area contributed by atoms with Crippen molar-refractivity contribution in [2.24, 2.45) is 15.7 Å². The molecule has 0 saturated carbocycles. The number of hydrogen-bond acceptors (Lipinski definition) is 3. The minimum Gasteiger partial charge on any atom is -0.456 e. The third-order valence-electron chi connectivity index (χ3n) is 15.6. The standard InChI is InChI=1S/C70H45N3O2/c71-68(48-34-36-55-54-25-7-11-32-62(54)75-65(55)41-48)73-69(49-21-13-18-44(39-49)43-16-2-1-3-17-43)72-42-50-22-14-33-64-66(50)57-40-46(35-37-63(57)74-64)45-19-12-20-47(38-45)51-27-15-31-61-67(51)56-26-6-10-30-60(56)70(61)58-28-8-4-23-52(58)53-24-5-9-29-59(53)70/h1-41H,42H2,(H2,71,72,73). The normalized spacial score (nSPS) is 13.4. The number of hydrogen-bond donors (Lipinski definition) is 1. The highest BCUT2D eigenvalue weighted by molar-refractivity contribution is 6.14. The molecule has 0 bridgehead atoms. The number of para-hydroxylation sites is 1. The Balaban J connectivity index is 0.824. The van der Waals surface area contributed by atoms with Gasteiger partial charge in [-0.3, -0.25) is 4.99 Å². The van der Waals surface area contributed by atoms with E-state index in [9.17, 15) is 0 Å². The molecule has 0 atom stereocenters. The highest BCUT2D eigenvalue weighted by Crippen LogP contribution is 2.64. The molecule has 2 aromatic heterocycles. The summed E-state index contributed by atoms with van der Waals surface area (Å²) < 4.78 is 12.8. The second-order valence-corrected chi connectivity index (χ2v) is 19.7. The van der Waals surface area contributed by atoms with Gasteiger partial charge in [0.25, 0.3) is 0 Å². The molecule has 0 fully saturated rings. The zero-order chi connectivity index (χ0) is 49.6. The van der Waals surface area contributed by atoms with Crippen LogP contribution in [-0.2, 0) is 12.0 Å². The van der Waals surface area contributed by atoms with Crippen LogP contribution in [0.2, 0.25) is 0 Å². The number of furan rings is 2. The van der Waals surface area contributed by atoms with E-state index in [0.717, 1.165) is 82.8 Å². The zero-order valence-corrected chi connectivity index (χ0v) is 40.7. The first-order valence-electron chi connectivity index (χ1n) is 25.5.